The number of H-pyrrole nitrogens is 2. The van der Waals surface area contributed by atoms with Gasteiger partial charge in [0.15, 0.2) is 11.5 Å². The molecule has 4 rings (SSSR count). The number of aromatic amines is 2. The molecule has 0 aliphatic heterocycles. The first-order valence-corrected chi connectivity index (χ1v) is 9.14. The second-order valence-corrected chi connectivity index (χ2v) is 6.54. The number of nitrogens with one attached hydrogen (secondary N) is 3. The topological polar surface area (TPSA) is 92.0 Å². The molecule has 2 aromatic carbocycles. The molecule has 0 spiro atoms. The zero-order valence-corrected chi connectivity index (χ0v) is 15.8. The SMILES string of the molecule is COc1cc2cc(C(=O)NCCCc3nc4ccccc4[nH]3)[nH]c2cc1OC. The van der Waals surface area contributed by atoms with E-state index >= 15 is 0 Å². The summed E-state index contributed by atoms with van der Waals surface area (Å²) in [5.74, 6) is 2.04. The second-order valence-electron chi connectivity index (χ2n) is 6.54. The Hall–Kier alpha value is -3.48. The number of imidazole rings is 1. The monoisotopic (exact) mass is 378 g/mol. The van der Waals surface area contributed by atoms with Crippen LogP contribution >= 0.6 is 0 Å². The molecule has 0 aliphatic rings. The molecule has 144 valence electrons. The van der Waals surface area contributed by atoms with Gasteiger partial charge in [-0.05, 0) is 30.7 Å². The fourth-order valence-electron chi connectivity index (χ4n) is 3.26. The van der Waals surface area contributed by atoms with Gasteiger partial charge >= 0.3 is 0 Å². The van der Waals surface area contributed by atoms with Gasteiger partial charge in [-0.3, -0.25) is 4.79 Å². The summed E-state index contributed by atoms with van der Waals surface area (Å²) >= 11 is 0. The lowest BCUT2D eigenvalue weighted by atomic mass is 10.2. The number of aromatic nitrogens is 3. The highest BCUT2D eigenvalue weighted by Crippen LogP contribution is 2.32. The first-order chi connectivity index (χ1) is 13.7. The molecule has 0 fully saturated rings. The van der Waals surface area contributed by atoms with E-state index < -0.39 is 0 Å². The van der Waals surface area contributed by atoms with E-state index in [-0.39, 0.29) is 5.91 Å². The average molecular weight is 378 g/mol. The summed E-state index contributed by atoms with van der Waals surface area (Å²) in [6.07, 6.45) is 1.57. The number of carbonyl (C=O) groups excluding carboxylic acids is 1. The standard InChI is InChI=1S/C21H22N4O3/c1-27-18-11-13-10-17(23-16(13)12-19(18)28-2)21(26)22-9-5-8-20-24-14-6-3-4-7-15(14)25-20/h3-4,6-7,10-12,23H,5,8-9H2,1-2H3,(H,22,26)(H,24,25). The Morgan fingerprint density at radius 1 is 1.04 bits per heavy atom. The van der Waals surface area contributed by atoms with Crippen LogP contribution in [0.3, 0.4) is 0 Å². The Bertz CT molecular complexity index is 1060. The molecule has 7 nitrogen and oxygen atoms in total. The lowest BCUT2D eigenvalue weighted by Crippen LogP contribution is -2.25. The third-order valence-electron chi connectivity index (χ3n) is 4.68. The van der Waals surface area contributed by atoms with Crippen LogP contribution < -0.4 is 14.8 Å². The summed E-state index contributed by atoms with van der Waals surface area (Å²) in [6, 6.07) is 13.4. The van der Waals surface area contributed by atoms with Crippen LogP contribution in [0, 0.1) is 0 Å². The summed E-state index contributed by atoms with van der Waals surface area (Å²) in [4.78, 5) is 23.4. The highest BCUT2D eigenvalue weighted by molar-refractivity contribution is 5.98. The molecule has 3 N–H and O–H groups in total. The molecule has 0 radical (unpaired) electrons. The van der Waals surface area contributed by atoms with Gasteiger partial charge in [0.05, 0.1) is 25.3 Å². The molecule has 4 aromatic rings. The number of amides is 1. The van der Waals surface area contributed by atoms with Crippen LogP contribution in [0.2, 0.25) is 0 Å². The fraction of sp³-hybridized carbons (Fsp3) is 0.238. The van der Waals surface area contributed by atoms with Crippen LogP contribution in [0.4, 0.5) is 0 Å². The Labute approximate surface area is 162 Å². The third kappa shape index (κ3) is 3.51. The number of benzene rings is 2. The van der Waals surface area contributed by atoms with Crippen molar-refractivity contribution in [3.63, 3.8) is 0 Å². The molecule has 0 unspecified atom stereocenters. The van der Waals surface area contributed by atoms with Crippen LogP contribution in [-0.2, 0) is 6.42 Å². The van der Waals surface area contributed by atoms with Gasteiger partial charge in [0, 0.05) is 29.9 Å². The Balaban J connectivity index is 1.36. The maximum Gasteiger partial charge on any atom is 0.267 e. The molecule has 1 amide bonds. The number of hydrogen-bond donors (Lipinski definition) is 3. The van der Waals surface area contributed by atoms with Gasteiger partial charge in [-0.15, -0.1) is 0 Å². The zero-order valence-electron chi connectivity index (χ0n) is 15.8. The molecular weight excluding hydrogens is 356 g/mol. The quantitative estimate of drug-likeness (QED) is 0.430. The number of para-hydroxylation sites is 2. The molecule has 28 heavy (non-hydrogen) atoms. The molecule has 0 bridgehead atoms. The molecule has 0 saturated carbocycles. The van der Waals surface area contributed by atoms with Crippen LogP contribution in [0.15, 0.2) is 42.5 Å². The number of hydrogen-bond acceptors (Lipinski definition) is 4. The molecule has 0 saturated heterocycles. The maximum absolute atomic E-state index is 12.4. The van der Waals surface area contributed by atoms with Crippen molar-refractivity contribution in [1.82, 2.24) is 20.3 Å². The largest absolute Gasteiger partial charge is 0.493 e. The summed E-state index contributed by atoms with van der Waals surface area (Å²) in [5.41, 5.74) is 3.33. The fourth-order valence-corrected chi connectivity index (χ4v) is 3.26. The van der Waals surface area contributed by atoms with Crippen LogP contribution in [0.1, 0.15) is 22.7 Å². The average Bonchev–Trinajstić information content (AvgIpc) is 3.32. The number of carbonyl (C=O) groups is 1. The van der Waals surface area contributed by atoms with Gasteiger partial charge in [0.2, 0.25) is 0 Å². The van der Waals surface area contributed by atoms with E-state index in [0.717, 1.165) is 40.6 Å². The van der Waals surface area contributed by atoms with Crippen LogP contribution in [0.5, 0.6) is 11.5 Å². The van der Waals surface area contributed by atoms with Gasteiger partial charge in [-0.25, -0.2) is 4.98 Å². The van der Waals surface area contributed by atoms with Gasteiger partial charge in [-0.1, -0.05) is 12.1 Å². The Morgan fingerprint density at radius 3 is 2.61 bits per heavy atom. The molecule has 2 heterocycles. The van der Waals surface area contributed by atoms with Crippen molar-refractivity contribution in [3.05, 3.63) is 54.0 Å². The van der Waals surface area contributed by atoms with Crippen molar-refractivity contribution < 1.29 is 14.3 Å². The van der Waals surface area contributed by atoms with E-state index in [1.165, 1.54) is 0 Å². The van der Waals surface area contributed by atoms with Gasteiger partial charge < -0.3 is 24.8 Å². The summed E-state index contributed by atoms with van der Waals surface area (Å²) in [6.45, 7) is 0.567. The summed E-state index contributed by atoms with van der Waals surface area (Å²) in [5, 5.41) is 3.84. The number of methoxy groups -OCH3 is 2. The van der Waals surface area contributed by atoms with Crippen LogP contribution in [0.25, 0.3) is 21.9 Å². The summed E-state index contributed by atoms with van der Waals surface area (Å²) < 4.78 is 10.6. The number of fused-ring (bicyclic) bond motifs is 2. The predicted octanol–water partition coefficient (Wildman–Crippen LogP) is 3.42. The normalized spacial score (nSPS) is 11.1. The third-order valence-corrected chi connectivity index (χ3v) is 4.68. The number of aryl methyl sites for hydroxylation is 1. The van der Waals surface area contributed by atoms with E-state index in [0.29, 0.717) is 23.7 Å². The minimum absolute atomic E-state index is 0.140. The van der Waals surface area contributed by atoms with Crippen molar-refractivity contribution >= 4 is 27.8 Å². The van der Waals surface area contributed by atoms with E-state index in [4.69, 9.17) is 9.47 Å². The first-order valence-electron chi connectivity index (χ1n) is 9.14. The second kappa shape index (κ2) is 7.64. The van der Waals surface area contributed by atoms with E-state index in [1.54, 1.807) is 14.2 Å². The number of nitrogens with zero attached hydrogens (tertiary/aromatic N) is 1. The smallest absolute Gasteiger partial charge is 0.267 e. The molecule has 2 aromatic heterocycles. The number of ether oxygens (including phenoxy) is 2. The van der Waals surface area contributed by atoms with E-state index in [2.05, 4.69) is 20.3 Å². The molecule has 0 atom stereocenters. The van der Waals surface area contributed by atoms with Crippen molar-refractivity contribution in [2.75, 3.05) is 20.8 Å². The van der Waals surface area contributed by atoms with Gasteiger partial charge in [-0.2, -0.15) is 0 Å². The molecule has 7 heteroatoms. The van der Waals surface area contributed by atoms with E-state index in [1.807, 2.05) is 42.5 Å². The lowest BCUT2D eigenvalue weighted by molar-refractivity contribution is 0.0949. The van der Waals surface area contributed by atoms with Gasteiger partial charge in [0.25, 0.3) is 5.91 Å². The molecule has 0 aliphatic carbocycles. The van der Waals surface area contributed by atoms with Crippen molar-refractivity contribution in [3.8, 4) is 11.5 Å². The highest BCUT2D eigenvalue weighted by Gasteiger charge is 2.13. The van der Waals surface area contributed by atoms with Crippen LogP contribution in [-0.4, -0.2) is 41.6 Å². The molecular formula is C21H22N4O3. The van der Waals surface area contributed by atoms with Crippen molar-refractivity contribution in [2.45, 2.75) is 12.8 Å². The van der Waals surface area contributed by atoms with Crippen molar-refractivity contribution in [2.24, 2.45) is 0 Å². The summed E-state index contributed by atoms with van der Waals surface area (Å²) in [7, 11) is 3.17. The highest BCUT2D eigenvalue weighted by atomic mass is 16.5. The minimum atomic E-state index is -0.140. The van der Waals surface area contributed by atoms with Gasteiger partial charge in [0.1, 0.15) is 11.5 Å². The predicted molar refractivity (Wildman–Crippen MR) is 108 cm³/mol. The zero-order chi connectivity index (χ0) is 19.5. The Kier molecular flexibility index (Phi) is 4.89. The number of rotatable bonds is 7. The Morgan fingerprint density at radius 2 is 1.82 bits per heavy atom. The van der Waals surface area contributed by atoms with E-state index in [9.17, 15) is 4.79 Å². The van der Waals surface area contributed by atoms with Crippen molar-refractivity contribution in [1.29, 1.82) is 0 Å². The lowest BCUT2D eigenvalue weighted by Gasteiger charge is -2.06. The minimum Gasteiger partial charge on any atom is -0.493 e. The first kappa shape index (κ1) is 17.9. The maximum atomic E-state index is 12.4.